The van der Waals surface area contributed by atoms with Crippen LogP contribution >= 0.6 is 11.3 Å². The molecule has 31 heavy (non-hydrogen) atoms. The summed E-state index contributed by atoms with van der Waals surface area (Å²) in [6.45, 7) is -0.0699. The van der Waals surface area contributed by atoms with Crippen LogP contribution in [0.3, 0.4) is 0 Å². The molecule has 1 aromatic heterocycles. The van der Waals surface area contributed by atoms with Crippen LogP contribution in [0.1, 0.15) is 11.3 Å². The minimum Gasteiger partial charge on any atom is -0.484 e. The molecule has 2 heterocycles. The average Bonchev–Trinajstić information content (AvgIpc) is 3.39. The zero-order valence-electron chi connectivity index (χ0n) is 16.4. The van der Waals surface area contributed by atoms with E-state index in [4.69, 9.17) is 4.74 Å². The molecule has 0 spiro atoms. The van der Waals surface area contributed by atoms with Gasteiger partial charge in [0, 0.05) is 4.88 Å². The Bertz CT molecular complexity index is 1070. The van der Waals surface area contributed by atoms with E-state index in [1.807, 2.05) is 23.6 Å². The third-order valence-corrected chi connectivity index (χ3v) is 5.78. The minimum absolute atomic E-state index is 0.140. The maximum atomic E-state index is 13.3. The van der Waals surface area contributed by atoms with Crippen molar-refractivity contribution < 1.29 is 23.5 Å². The van der Waals surface area contributed by atoms with Crippen LogP contribution in [0, 0.1) is 5.82 Å². The van der Waals surface area contributed by atoms with Crippen molar-refractivity contribution in [2.75, 3.05) is 11.5 Å². The summed E-state index contributed by atoms with van der Waals surface area (Å²) in [6.07, 6.45) is -0.140. The highest BCUT2D eigenvalue weighted by Gasteiger charge is 2.44. The van der Waals surface area contributed by atoms with Crippen LogP contribution in [0.15, 0.2) is 72.1 Å². The smallest absolute Gasteiger partial charge is 0.261 e. The molecule has 1 fully saturated rings. The number of halogens is 1. The lowest BCUT2D eigenvalue weighted by atomic mass is 10.2. The molecule has 6 nitrogen and oxygen atoms in total. The third kappa shape index (κ3) is 4.64. The molecule has 1 unspecified atom stereocenters. The van der Waals surface area contributed by atoms with E-state index < -0.39 is 29.6 Å². The lowest BCUT2D eigenvalue weighted by Crippen LogP contribution is -2.46. The standard InChI is InChI=1S/C23H19FN2O4S/c24-16-8-10-17(11-9-16)26-21(27)13-20(23(26)29)25(14-19-7-4-12-31-19)22(28)15-30-18-5-2-1-3-6-18/h1-12,20H,13-15H2. The first-order chi connectivity index (χ1) is 15.0. The fraction of sp³-hybridized carbons (Fsp3) is 0.174. The fourth-order valence-corrected chi connectivity index (χ4v) is 4.11. The minimum atomic E-state index is -0.952. The van der Waals surface area contributed by atoms with E-state index in [-0.39, 0.29) is 25.3 Å². The zero-order chi connectivity index (χ0) is 21.8. The van der Waals surface area contributed by atoms with Gasteiger partial charge in [-0.1, -0.05) is 24.3 Å². The Hall–Kier alpha value is -3.52. The van der Waals surface area contributed by atoms with E-state index in [1.54, 1.807) is 24.3 Å². The average molecular weight is 438 g/mol. The summed E-state index contributed by atoms with van der Waals surface area (Å²) in [4.78, 5) is 42.1. The second-order valence-electron chi connectivity index (χ2n) is 6.97. The van der Waals surface area contributed by atoms with Crippen molar-refractivity contribution in [3.8, 4) is 5.75 Å². The van der Waals surface area contributed by atoms with Gasteiger partial charge in [0.15, 0.2) is 6.61 Å². The second-order valence-corrected chi connectivity index (χ2v) is 8.00. The van der Waals surface area contributed by atoms with Crippen molar-refractivity contribution in [1.82, 2.24) is 4.90 Å². The van der Waals surface area contributed by atoms with Gasteiger partial charge < -0.3 is 9.64 Å². The number of nitrogens with zero attached hydrogens (tertiary/aromatic N) is 2. The maximum Gasteiger partial charge on any atom is 0.261 e. The van der Waals surface area contributed by atoms with Crippen LogP contribution in [0.25, 0.3) is 0 Å². The number of hydrogen-bond donors (Lipinski definition) is 0. The van der Waals surface area contributed by atoms with Crippen molar-refractivity contribution >= 4 is 34.7 Å². The highest BCUT2D eigenvalue weighted by Crippen LogP contribution is 2.27. The predicted octanol–water partition coefficient (Wildman–Crippen LogP) is 3.63. The summed E-state index contributed by atoms with van der Waals surface area (Å²) >= 11 is 1.46. The van der Waals surface area contributed by atoms with Gasteiger partial charge in [0.25, 0.3) is 11.8 Å². The van der Waals surface area contributed by atoms with Gasteiger partial charge in [-0.05, 0) is 47.8 Å². The number of carbonyl (C=O) groups excluding carboxylic acids is 3. The summed E-state index contributed by atoms with van der Waals surface area (Å²) in [6, 6.07) is 16.8. The number of ether oxygens (including phenoxy) is 1. The number of benzene rings is 2. The van der Waals surface area contributed by atoms with Crippen LogP contribution in [-0.4, -0.2) is 35.3 Å². The first kappa shape index (κ1) is 20.7. The molecule has 0 N–H and O–H groups in total. The highest BCUT2D eigenvalue weighted by atomic mass is 32.1. The second kappa shape index (κ2) is 9.09. The van der Waals surface area contributed by atoms with Gasteiger partial charge in [-0.15, -0.1) is 11.3 Å². The van der Waals surface area contributed by atoms with Gasteiger partial charge in [0.05, 0.1) is 18.7 Å². The SMILES string of the molecule is O=C1CC(N(Cc2cccs2)C(=O)COc2ccccc2)C(=O)N1c1ccc(F)cc1. The van der Waals surface area contributed by atoms with Crippen molar-refractivity contribution in [2.24, 2.45) is 0 Å². The molecular formula is C23H19FN2O4S. The zero-order valence-corrected chi connectivity index (χ0v) is 17.3. The summed E-state index contributed by atoms with van der Waals surface area (Å²) in [5.74, 6) is -1.28. The quantitative estimate of drug-likeness (QED) is 0.529. The maximum absolute atomic E-state index is 13.3. The first-order valence-electron chi connectivity index (χ1n) is 9.65. The highest BCUT2D eigenvalue weighted by molar-refractivity contribution is 7.09. The molecule has 1 aliphatic rings. The van der Waals surface area contributed by atoms with Crippen LogP contribution in [0.5, 0.6) is 5.75 Å². The van der Waals surface area contributed by atoms with Gasteiger partial charge >= 0.3 is 0 Å². The monoisotopic (exact) mass is 438 g/mol. The number of imide groups is 1. The van der Waals surface area contributed by atoms with Crippen LogP contribution in [0.4, 0.5) is 10.1 Å². The molecule has 1 saturated heterocycles. The summed E-state index contributed by atoms with van der Waals surface area (Å²) < 4.78 is 18.8. The largest absolute Gasteiger partial charge is 0.484 e. The number of thiophene rings is 1. The molecule has 2 aromatic carbocycles. The Balaban J connectivity index is 1.55. The molecule has 3 amide bonds. The topological polar surface area (TPSA) is 66.9 Å². The Labute approximate surface area is 182 Å². The molecule has 0 bridgehead atoms. The van der Waals surface area contributed by atoms with Crippen LogP contribution < -0.4 is 9.64 Å². The molecular weight excluding hydrogens is 419 g/mol. The number of anilines is 1. The van der Waals surface area contributed by atoms with E-state index in [2.05, 4.69) is 0 Å². The van der Waals surface area contributed by atoms with Crippen molar-refractivity contribution in [1.29, 1.82) is 0 Å². The number of hydrogen-bond acceptors (Lipinski definition) is 5. The van der Waals surface area contributed by atoms with E-state index >= 15 is 0 Å². The molecule has 0 radical (unpaired) electrons. The summed E-state index contributed by atoms with van der Waals surface area (Å²) in [5, 5.41) is 1.88. The van der Waals surface area contributed by atoms with Crippen molar-refractivity contribution in [2.45, 2.75) is 19.0 Å². The molecule has 0 aliphatic carbocycles. The van der Waals surface area contributed by atoms with E-state index in [0.29, 0.717) is 5.75 Å². The summed E-state index contributed by atoms with van der Waals surface area (Å²) in [5.41, 5.74) is 0.281. The van der Waals surface area contributed by atoms with Crippen LogP contribution in [0.2, 0.25) is 0 Å². The van der Waals surface area contributed by atoms with E-state index in [1.165, 1.54) is 40.5 Å². The fourth-order valence-electron chi connectivity index (χ4n) is 3.41. The van der Waals surface area contributed by atoms with Gasteiger partial charge in [0.1, 0.15) is 17.6 Å². The molecule has 4 rings (SSSR count). The Morgan fingerprint density at radius 2 is 1.81 bits per heavy atom. The van der Waals surface area contributed by atoms with Crippen molar-refractivity contribution in [3.63, 3.8) is 0 Å². The van der Waals surface area contributed by atoms with E-state index in [9.17, 15) is 18.8 Å². The van der Waals surface area contributed by atoms with E-state index in [0.717, 1.165) is 9.78 Å². The molecule has 8 heteroatoms. The summed E-state index contributed by atoms with van der Waals surface area (Å²) in [7, 11) is 0. The van der Waals surface area contributed by atoms with Crippen molar-refractivity contribution in [3.05, 3.63) is 82.8 Å². The molecule has 0 saturated carbocycles. The molecule has 158 valence electrons. The normalized spacial score (nSPS) is 15.9. The van der Waals surface area contributed by atoms with Gasteiger partial charge in [0.2, 0.25) is 5.91 Å². The number of para-hydroxylation sites is 1. The van der Waals surface area contributed by atoms with Gasteiger partial charge in [-0.25, -0.2) is 9.29 Å². The predicted molar refractivity (Wildman–Crippen MR) is 114 cm³/mol. The Morgan fingerprint density at radius 1 is 1.06 bits per heavy atom. The number of rotatable bonds is 7. The van der Waals surface area contributed by atoms with Crippen LogP contribution in [-0.2, 0) is 20.9 Å². The molecule has 1 aliphatic heterocycles. The van der Waals surface area contributed by atoms with Gasteiger partial charge in [-0.3, -0.25) is 14.4 Å². The van der Waals surface area contributed by atoms with Gasteiger partial charge in [-0.2, -0.15) is 0 Å². The number of carbonyl (C=O) groups is 3. The Kier molecular flexibility index (Phi) is 6.08. The molecule has 1 atom stereocenters. The lowest BCUT2D eigenvalue weighted by molar-refractivity contribution is -0.140. The third-order valence-electron chi connectivity index (χ3n) is 4.92. The Morgan fingerprint density at radius 3 is 2.48 bits per heavy atom. The first-order valence-corrected chi connectivity index (χ1v) is 10.5. The lowest BCUT2D eigenvalue weighted by Gasteiger charge is -2.27. The molecule has 3 aromatic rings. The number of amides is 3.